The van der Waals surface area contributed by atoms with E-state index in [-0.39, 0.29) is 16.5 Å². The molecule has 1 aromatic heterocycles. The van der Waals surface area contributed by atoms with Gasteiger partial charge in [-0.3, -0.25) is 0 Å². The SMILES string of the molecule is CC1(NC(=O)OCC2CC(c3cnc(Nc4ccc(S(N)(=O)=O)cc4)nc3)C2)CC1. The lowest BCUT2D eigenvalue weighted by molar-refractivity contribution is 0.0918. The molecule has 0 bridgehead atoms. The zero-order valence-corrected chi connectivity index (χ0v) is 17.5. The average molecular weight is 432 g/mol. The van der Waals surface area contributed by atoms with Gasteiger partial charge in [-0.2, -0.15) is 0 Å². The van der Waals surface area contributed by atoms with Crippen molar-refractivity contribution in [3.05, 3.63) is 42.2 Å². The van der Waals surface area contributed by atoms with E-state index in [4.69, 9.17) is 9.88 Å². The quantitative estimate of drug-likeness (QED) is 0.613. The molecule has 10 heteroatoms. The third-order valence-corrected chi connectivity index (χ3v) is 6.60. The van der Waals surface area contributed by atoms with Crippen molar-refractivity contribution >= 4 is 27.8 Å². The fourth-order valence-electron chi connectivity index (χ4n) is 3.40. The van der Waals surface area contributed by atoms with Crippen molar-refractivity contribution in [2.24, 2.45) is 11.1 Å². The van der Waals surface area contributed by atoms with Gasteiger partial charge < -0.3 is 15.4 Å². The molecular formula is C20H25N5O4S. The van der Waals surface area contributed by atoms with Crippen LogP contribution in [0.2, 0.25) is 0 Å². The average Bonchev–Trinajstić information content (AvgIpc) is 3.38. The number of aromatic nitrogens is 2. The van der Waals surface area contributed by atoms with Crippen molar-refractivity contribution in [3.63, 3.8) is 0 Å². The number of hydrogen-bond donors (Lipinski definition) is 3. The van der Waals surface area contributed by atoms with E-state index in [0.717, 1.165) is 31.2 Å². The molecule has 0 atom stereocenters. The summed E-state index contributed by atoms with van der Waals surface area (Å²) in [6, 6.07) is 6.06. The summed E-state index contributed by atoms with van der Waals surface area (Å²) in [6.07, 6.45) is 7.16. The molecule has 30 heavy (non-hydrogen) atoms. The number of amides is 1. The van der Waals surface area contributed by atoms with E-state index >= 15 is 0 Å². The number of carbonyl (C=O) groups excluding carboxylic acids is 1. The predicted octanol–water partition coefficient (Wildman–Crippen LogP) is 2.64. The van der Waals surface area contributed by atoms with E-state index in [1.165, 1.54) is 12.1 Å². The minimum atomic E-state index is -3.71. The van der Waals surface area contributed by atoms with Gasteiger partial charge in [0.05, 0.1) is 11.5 Å². The molecule has 0 radical (unpaired) electrons. The normalized spacial score (nSPS) is 21.9. The first-order valence-electron chi connectivity index (χ1n) is 9.87. The molecule has 9 nitrogen and oxygen atoms in total. The van der Waals surface area contributed by atoms with Gasteiger partial charge in [0.15, 0.2) is 0 Å². The van der Waals surface area contributed by atoms with Crippen LogP contribution in [-0.4, -0.2) is 36.6 Å². The molecular weight excluding hydrogens is 406 g/mol. The maximum absolute atomic E-state index is 11.8. The Kier molecular flexibility index (Phi) is 5.37. The van der Waals surface area contributed by atoms with Crippen LogP contribution in [0.3, 0.4) is 0 Å². The van der Waals surface area contributed by atoms with Gasteiger partial charge >= 0.3 is 6.09 Å². The number of ether oxygens (including phenoxy) is 1. The van der Waals surface area contributed by atoms with Gasteiger partial charge in [-0.1, -0.05) is 0 Å². The van der Waals surface area contributed by atoms with Crippen molar-refractivity contribution in [1.82, 2.24) is 15.3 Å². The number of nitrogens with zero attached hydrogens (tertiary/aromatic N) is 2. The Morgan fingerprint density at radius 1 is 1.20 bits per heavy atom. The monoisotopic (exact) mass is 431 g/mol. The van der Waals surface area contributed by atoms with Crippen molar-refractivity contribution < 1.29 is 17.9 Å². The number of sulfonamides is 1. The van der Waals surface area contributed by atoms with Gasteiger partial charge in [0.25, 0.3) is 0 Å². The lowest BCUT2D eigenvalue weighted by Gasteiger charge is -2.34. The number of anilines is 2. The molecule has 1 aromatic carbocycles. The molecule has 0 unspecified atom stereocenters. The maximum atomic E-state index is 11.8. The van der Waals surface area contributed by atoms with E-state index in [9.17, 15) is 13.2 Å². The standard InChI is InChI=1S/C20H25N5O4S/c1-20(6-7-20)25-19(26)29-12-13-8-14(9-13)15-10-22-18(23-11-15)24-16-2-4-17(5-3-16)30(21,27)28/h2-5,10-11,13-14H,6-9,12H2,1H3,(H,25,26)(H2,21,27,28)(H,22,23,24). The number of carbonyl (C=O) groups is 1. The highest BCUT2D eigenvalue weighted by atomic mass is 32.2. The summed E-state index contributed by atoms with van der Waals surface area (Å²) in [6.45, 7) is 2.46. The topological polar surface area (TPSA) is 136 Å². The maximum Gasteiger partial charge on any atom is 0.407 e. The molecule has 0 saturated heterocycles. The summed E-state index contributed by atoms with van der Waals surface area (Å²) in [4.78, 5) is 20.5. The van der Waals surface area contributed by atoms with Gasteiger partial charge in [0.1, 0.15) is 0 Å². The number of hydrogen-bond acceptors (Lipinski definition) is 7. The Morgan fingerprint density at radius 3 is 2.40 bits per heavy atom. The molecule has 2 aliphatic carbocycles. The van der Waals surface area contributed by atoms with Gasteiger partial charge in [0, 0.05) is 23.6 Å². The van der Waals surface area contributed by atoms with Gasteiger partial charge in [0.2, 0.25) is 16.0 Å². The molecule has 2 fully saturated rings. The Labute approximate surface area is 175 Å². The first kappa shape index (κ1) is 20.5. The molecule has 2 aromatic rings. The summed E-state index contributed by atoms with van der Waals surface area (Å²) in [5.74, 6) is 1.15. The molecule has 0 aliphatic heterocycles. The van der Waals surface area contributed by atoms with Crippen LogP contribution in [-0.2, 0) is 14.8 Å². The van der Waals surface area contributed by atoms with E-state index in [0.29, 0.717) is 30.1 Å². The summed E-state index contributed by atoms with van der Waals surface area (Å²) < 4.78 is 27.9. The Bertz CT molecular complexity index is 1010. The number of primary sulfonamides is 1. The van der Waals surface area contributed by atoms with Gasteiger partial charge in [-0.15, -0.1) is 0 Å². The highest BCUT2D eigenvalue weighted by Crippen LogP contribution is 2.41. The van der Waals surface area contributed by atoms with Crippen LogP contribution >= 0.6 is 0 Å². The first-order chi connectivity index (χ1) is 14.2. The van der Waals surface area contributed by atoms with E-state index in [1.807, 2.05) is 6.92 Å². The molecule has 2 aliphatic rings. The van der Waals surface area contributed by atoms with E-state index in [2.05, 4.69) is 20.6 Å². The summed E-state index contributed by atoms with van der Waals surface area (Å²) >= 11 is 0. The smallest absolute Gasteiger partial charge is 0.407 e. The number of nitrogens with two attached hydrogens (primary N) is 1. The third kappa shape index (κ3) is 5.06. The van der Waals surface area contributed by atoms with Gasteiger partial charge in [-0.05, 0) is 74.3 Å². The van der Waals surface area contributed by atoms with Crippen molar-refractivity contribution in [2.75, 3.05) is 11.9 Å². The van der Waals surface area contributed by atoms with Crippen LogP contribution in [0.1, 0.15) is 44.1 Å². The van der Waals surface area contributed by atoms with E-state index in [1.54, 1.807) is 24.5 Å². The number of nitrogens with one attached hydrogen (secondary N) is 2. The minimum Gasteiger partial charge on any atom is -0.449 e. The van der Waals surface area contributed by atoms with Crippen molar-refractivity contribution in [2.45, 2.75) is 49.0 Å². The fourth-order valence-corrected chi connectivity index (χ4v) is 3.92. The lowest BCUT2D eigenvalue weighted by atomic mass is 9.72. The van der Waals surface area contributed by atoms with Crippen LogP contribution in [0.5, 0.6) is 0 Å². The Morgan fingerprint density at radius 2 is 1.83 bits per heavy atom. The predicted molar refractivity (Wildman–Crippen MR) is 111 cm³/mol. The number of alkyl carbamates (subject to hydrolysis) is 1. The lowest BCUT2D eigenvalue weighted by Crippen LogP contribution is -2.36. The second-order valence-electron chi connectivity index (χ2n) is 8.35. The molecule has 4 rings (SSSR count). The highest BCUT2D eigenvalue weighted by molar-refractivity contribution is 7.89. The van der Waals surface area contributed by atoms with Crippen LogP contribution in [0.15, 0.2) is 41.6 Å². The molecule has 2 saturated carbocycles. The number of benzene rings is 1. The second-order valence-corrected chi connectivity index (χ2v) is 9.91. The summed E-state index contributed by atoms with van der Waals surface area (Å²) in [5.41, 5.74) is 1.65. The summed E-state index contributed by atoms with van der Waals surface area (Å²) in [5, 5.41) is 11.0. The van der Waals surface area contributed by atoms with E-state index < -0.39 is 10.0 Å². The third-order valence-electron chi connectivity index (χ3n) is 5.67. The first-order valence-corrected chi connectivity index (χ1v) is 11.4. The second kappa shape index (κ2) is 7.84. The molecule has 1 heterocycles. The van der Waals surface area contributed by atoms with Crippen LogP contribution in [0.4, 0.5) is 16.4 Å². The zero-order valence-electron chi connectivity index (χ0n) is 16.7. The minimum absolute atomic E-state index is 0.0482. The highest BCUT2D eigenvalue weighted by Gasteiger charge is 2.39. The van der Waals surface area contributed by atoms with Gasteiger partial charge in [-0.25, -0.2) is 28.3 Å². The largest absolute Gasteiger partial charge is 0.449 e. The van der Waals surface area contributed by atoms with Crippen LogP contribution < -0.4 is 15.8 Å². The molecule has 1 amide bonds. The Hall–Kier alpha value is -2.72. The fraction of sp³-hybridized carbons (Fsp3) is 0.450. The zero-order chi connectivity index (χ0) is 21.4. The Balaban J connectivity index is 1.23. The molecule has 0 spiro atoms. The van der Waals surface area contributed by atoms with Crippen molar-refractivity contribution in [1.29, 1.82) is 0 Å². The molecule has 4 N–H and O–H groups in total. The molecule has 160 valence electrons. The summed E-state index contributed by atoms with van der Waals surface area (Å²) in [7, 11) is -3.71. The van der Waals surface area contributed by atoms with Crippen LogP contribution in [0.25, 0.3) is 0 Å². The van der Waals surface area contributed by atoms with Crippen LogP contribution in [0, 0.1) is 5.92 Å². The van der Waals surface area contributed by atoms with Crippen molar-refractivity contribution in [3.8, 4) is 0 Å². The number of rotatable bonds is 7.